The Kier molecular flexibility index (Phi) is 6.68. The van der Waals surface area contributed by atoms with E-state index < -0.39 is 0 Å². The molecule has 164 valence electrons. The smallest absolute Gasteiger partial charge is 0.229 e. The van der Waals surface area contributed by atoms with Crippen LogP contribution in [0.1, 0.15) is 24.5 Å². The van der Waals surface area contributed by atoms with E-state index in [1.165, 1.54) is 11.1 Å². The summed E-state index contributed by atoms with van der Waals surface area (Å²) in [4.78, 5) is 31.9. The molecule has 1 N–H and O–H groups in total. The standard InChI is InChI=1S/C25H32N4O2/c1-3-19-7-9-23(10-8-19)29-18-21(16-24(29)30)25(31)26-22-6-4-5-20(15-22)17-28-13-11-27(2)12-14-28/h4-10,15,21H,3,11-14,16-18H2,1-2H3,(H,26,31). The predicted octanol–water partition coefficient (Wildman–Crippen LogP) is 2.99. The summed E-state index contributed by atoms with van der Waals surface area (Å²) in [6.45, 7) is 7.72. The summed E-state index contributed by atoms with van der Waals surface area (Å²) >= 11 is 0. The van der Waals surface area contributed by atoms with Gasteiger partial charge in [0.25, 0.3) is 0 Å². The van der Waals surface area contributed by atoms with Gasteiger partial charge in [-0.25, -0.2) is 0 Å². The van der Waals surface area contributed by atoms with Crippen LogP contribution in [0.4, 0.5) is 11.4 Å². The van der Waals surface area contributed by atoms with Crippen molar-refractivity contribution in [3.8, 4) is 0 Å². The van der Waals surface area contributed by atoms with E-state index in [1.807, 2.05) is 42.5 Å². The number of hydrogen-bond acceptors (Lipinski definition) is 4. The van der Waals surface area contributed by atoms with Crippen molar-refractivity contribution < 1.29 is 9.59 Å². The van der Waals surface area contributed by atoms with Crippen LogP contribution in [0.15, 0.2) is 48.5 Å². The second-order valence-corrected chi connectivity index (χ2v) is 8.69. The number of aryl methyl sites for hydroxylation is 1. The monoisotopic (exact) mass is 420 g/mol. The molecule has 2 aromatic rings. The number of amides is 2. The van der Waals surface area contributed by atoms with Gasteiger partial charge in [-0.15, -0.1) is 0 Å². The largest absolute Gasteiger partial charge is 0.326 e. The Morgan fingerprint density at radius 1 is 1.03 bits per heavy atom. The van der Waals surface area contributed by atoms with Gasteiger partial charge in [-0.2, -0.15) is 0 Å². The molecular formula is C25H32N4O2. The molecule has 2 saturated heterocycles. The molecule has 0 bridgehead atoms. The first-order chi connectivity index (χ1) is 15.0. The number of carbonyl (C=O) groups is 2. The van der Waals surface area contributed by atoms with Gasteiger partial charge in [0.05, 0.1) is 5.92 Å². The molecule has 1 unspecified atom stereocenters. The first kappa shape index (κ1) is 21.5. The SMILES string of the molecule is CCc1ccc(N2CC(C(=O)Nc3cccc(CN4CCN(C)CC4)c3)CC2=O)cc1. The molecule has 4 rings (SSSR count). The third-order valence-corrected chi connectivity index (χ3v) is 6.35. The van der Waals surface area contributed by atoms with Gasteiger partial charge < -0.3 is 15.1 Å². The van der Waals surface area contributed by atoms with Crippen LogP contribution in [0, 0.1) is 5.92 Å². The highest BCUT2D eigenvalue weighted by Gasteiger charge is 2.35. The minimum Gasteiger partial charge on any atom is -0.326 e. The van der Waals surface area contributed by atoms with Crippen LogP contribution in [0.25, 0.3) is 0 Å². The Morgan fingerprint density at radius 2 is 1.77 bits per heavy atom. The normalized spacial score (nSPS) is 20.3. The number of rotatable bonds is 6. The lowest BCUT2D eigenvalue weighted by Gasteiger charge is -2.32. The predicted molar refractivity (Wildman–Crippen MR) is 124 cm³/mol. The summed E-state index contributed by atoms with van der Waals surface area (Å²) in [5, 5.41) is 3.03. The number of carbonyl (C=O) groups excluding carboxylic acids is 2. The van der Waals surface area contributed by atoms with Crippen molar-refractivity contribution in [2.24, 2.45) is 5.92 Å². The van der Waals surface area contributed by atoms with Crippen molar-refractivity contribution in [3.05, 3.63) is 59.7 Å². The van der Waals surface area contributed by atoms with Gasteiger partial charge in [0, 0.05) is 57.1 Å². The van der Waals surface area contributed by atoms with E-state index in [-0.39, 0.29) is 24.2 Å². The average Bonchev–Trinajstić information content (AvgIpc) is 3.17. The van der Waals surface area contributed by atoms with Gasteiger partial charge in [0.15, 0.2) is 0 Å². The third kappa shape index (κ3) is 5.32. The summed E-state index contributed by atoms with van der Waals surface area (Å²) < 4.78 is 0. The molecule has 0 saturated carbocycles. The summed E-state index contributed by atoms with van der Waals surface area (Å²) in [6, 6.07) is 16.1. The quantitative estimate of drug-likeness (QED) is 0.781. The van der Waals surface area contributed by atoms with Crippen molar-refractivity contribution in [1.82, 2.24) is 9.80 Å². The van der Waals surface area contributed by atoms with E-state index in [2.05, 4.69) is 35.2 Å². The molecule has 1 atom stereocenters. The summed E-state index contributed by atoms with van der Waals surface area (Å²) in [5.74, 6) is -0.411. The van der Waals surface area contributed by atoms with Gasteiger partial charge in [0.2, 0.25) is 11.8 Å². The summed E-state index contributed by atoms with van der Waals surface area (Å²) in [5.41, 5.74) is 4.10. The van der Waals surface area contributed by atoms with Crippen LogP contribution in [-0.2, 0) is 22.6 Å². The molecule has 6 heteroatoms. The second kappa shape index (κ2) is 9.62. The van der Waals surface area contributed by atoms with Crippen molar-refractivity contribution in [2.75, 3.05) is 50.0 Å². The zero-order valence-electron chi connectivity index (χ0n) is 18.5. The first-order valence-electron chi connectivity index (χ1n) is 11.2. The number of anilines is 2. The highest BCUT2D eigenvalue weighted by molar-refractivity contribution is 6.03. The maximum Gasteiger partial charge on any atom is 0.229 e. The van der Waals surface area contributed by atoms with Crippen LogP contribution < -0.4 is 10.2 Å². The van der Waals surface area contributed by atoms with Gasteiger partial charge >= 0.3 is 0 Å². The fraction of sp³-hybridized carbons (Fsp3) is 0.440. The molecule has 31 heavy (non-hydrogen) atoms. The number of hydrogen-bond donors (Lipinski definition) is 1. The first-order valence-corrected chi connectivity index (χ1v) is 11.2. The Bertz CT molecular complexity index is 919. The maximum atomic E-state index is 12.9. The zero-order chi connectivity index (χ0) is 21.8. The molecule has 2 aromatic carbocycles. The number of piperazine rings is 1. The van der Waals surface area contributed by atoms with Crippen molar-refractivity contribution >= 4 is 23.2 Å². The lowest BCUT2D eigenvalue weighted by Crippen LogP contribution is -2.43. The molecule has 2 aliphatic heterocycles. The Morgan fingerprint density at radius 3 is 2.48 bits per heavy atom. The minimum atomic E-state index is -0.334. The Balaban J connectivity index is 1.35. The van der Waals surface area contributed by atoms with Crippen molar-refractivity contribution in [1.29, 1.82) is 0 Å². The van der Waals surface area contributed by atoms with Crippen LogP contribution >= 0.6 is 0 Å². The van der Waals surface area contributed by atoms with E-state index >= 15 is 0 Å². The van der Waals surface area contributed by atoms with Crippen LogP contribution in [0.3, 0.4) is 0 Å². The molecule has 0 aliphatic carbocycles. The molecule has 0 radical (unpaired) electrons. The Labute approximate surface area is 184 Å². The summed E-state index contributed by atoms with van der Waals surface area (Å²) in [7, 11) is 2.16. The van der Waals surface area contributed by atoms with Gasteiger partial charge in [-0.05, 0) is 48.9 Å². The highest BCUT2D eigenvalue weighted by Crippen LogP contribution is 2.26. The van der Waals surface area contributed by atoms with E-state index in [1.54, 1.807) is 4.90 Å². The van der Waals surface area contributed by atoms with Crippen LogP contribution in [0.5, 0.6) is 0 Å². The molecule has 0 aromatic heterocycles. The highest BCUT2D eigenvalue weighted by atomic mass is 16.2. The fourth-order valence-electron chi connectivity index (χ4n) is 4.30. The van der Waals surface area contributed by atoms with E-state index in [4.69, 9.17) is 0 Å². The van der Waals surface area contributed by atoms with Crippen molar-refractivity contribution in [2.45, 2.75) is 26.3 Å². The average molecular weight is 421 g/mol. The third-order valence-electron chi connectivity index (χ3n) is 6.35. The van der Waals surface area contributed by atoms with E-state index in [9.17, 15) is 9.59 Å². The number of benzene rings is 2. The van der Waals surface area contributed by atoms with Gasteiger partial charge in [0.1, 0.15) is 0 Å². The molecule has 6 nitrogen and oxygen atoms in total. The second-order valence-electron chi connectivity index (χ2n) is 8.69. The van der Waals surface area contributed by atoms with Crippen LogP contribution in [-0.4, -0.2) is 61.4 Å². The number of nitrogens with zero attached hydrogens (tertiary/aromatic N) is 3. The lowest BCUT2D eigenvalue weighted by atomic mass is 10.1. The molecule has 2 aliphatic rings. The number of likely N-dealkylation sites (N-methyl/N-ethyl adjacent to an activating group) is 1. The molecule has 2 heterocycles. The molecule has 2 fully saturated rings. The minimum absolute atomic E-state index is 0.00761. The maximum absolute atomic E-state index is 12.9. The lowest BCUT2D eigenvalue weighted by molar-refractivity contribution is -0.122. The molecule has 0 spiro atoms. The molecule has 2 amide bonds. The van der Waals surface area contributed by atoms with Gasteiger partial charge in [-0.3, -0.25) is 14.5 Å². The Hall–Kier alpha value is -2.70. The molecular weight excluding hydrogens is 388 g/mol. The van der Waals surface area contributed by atoms with Crippen molar-refractivity contribution in [3.63, 3.8) is 0 Å². The van der Waals surface area contributed by atoms with Gasteiger partial charge in [-0.1, -0.05) is 31.2 Å². The fourth-order valence-corrected chi connectivity index (χ4v) is 4.30. The number of nitrogens with one attached hydrogen (secondary N) is 1. The van der Waals surface area contributed by atoms with E-state index in [0.717, 1.165) is 50.5 Å². The van der Waals surface area contributed by atoms with E-state index in [0.29, 0.717) is 6.54 Å². The van der Waals surface area contributed by atoms with Crippen LogP contribution in [0.2, 0.25) is 0 Å². The summed E-state index contributed by atoms with van der Waals surface area (Å²) in [6.07, 6.45) is 1.22. The topological polar surface area (TPSA) is 55.9 Å². The zero-order valence-corrected chi connectivity index (χ0v) is 18.5.